The number of fused-ring (bicyclic) bond motifs is 3. The van der Waals surface area contributed by atoms with E-state index in [1.165, 1.54) is 24.3 Å². The van der Waals surface area contributed by atoms with Crippen LogP contribution in [0.15, 0.2) is 66.8 Å². The summed E-state index contributed by atoms with van der Waals surface area (Å²) < 4.78 is 41.1. The van der Waals surface area contributed by atoms with E-state index in [-0.39, 0.29) is 35.9 Å². The predicted octanol–water partition coefficient (Wildman–Crippen LogP) is 7.07. The zero-order valence-electron chi connectivity index (χ0n) is 26.2. The van der Waals surface area contributed by atoms with Gasteiger partial charge in [-0.05, 0) is 56.5 Å². The van der Waals surface area contributed by atoms with Crippen LogP contribution < -0.4 is 4.74 Å². The molecule has 1 aliphatic rings. The molecule has 47 heavy (non-hydrogen) atoms. The summed E-state index contributed by atoms with van der Waals surface area (Å²) in [4.78, 5) is 24.2. The van der Waals surface area contributed by atoms with Gasteiger partial charge in [0.2, 0.25) is 5.91 Å². The van der Waals surface area contributed by atoms with Gasteiger partial charge in [-0.25, -0.2) is 18.7 Å². The summed E-state index contributed by atoms with van der Waals surface area (Å²) in [5.41, 5.74) is 5.25. The van der Waals surface area contributed by atoms with Crippen molar-refractivity contribution in [3.05, 3.63) is 84.2 Å². The number of nitrogens with zero attached hydrogens (tertiary/aromatic N) is 6. The van der Waals surface area contributed by atoms with E-state index in [9.17, 15) is 14.3 Å². The summed E-state index contributed by atoms with van der Waals surface area (Å²) in [6, 6.07) is 11.2. The van der Waals surface area contributed by atoms with Crippen LogP contribution in [0.2, 0.25) is 0 Å². The van der Waals surface area contributed by atoms with Crippen LogP contribution in [0.1, 0.15) is 38.5 Å². The summed E-state index contributed by atoms with van der Waals surface area (Å²) in [6.45, 7) is 9.36. The van der Waals surface area contributed by atoms with Crippen molar-refractivity contribution in [3.63, 3.8) is 0 Å². The minimum Gasteiger partial charge on any atom is -0.490 e. The van der Waals surface area contributed by atoms with Crippen molar-refractivity contribution in [2.45, 2.75) is 39.0 Å². The van der Waals surface area contributed by atoms with Crippen molar-refractivity contribution in [2.24, 2.45) is 7.05 Å². The second-order valence-corrected chi connectivity index (χ2v) is 12.9. The molecule has 5 heterocycles. The Labute approximate surface area is 273 Å². The minimum atomic E-state index is -0.874. The lowest BCUT2D eigenvalue weighted by atomic mass is 9.96. The molecule has 0 saturated heterocycles. The molecule has 240 valence electrons. The number of aliphatic hydroxyl groups is 1. The Hall–Kier alpha value is -4.94. The molecule has 0 saturated carbocycles. The summed E-state index contributed by atoms with van der Waals surface area (Å²) in [5.74, 6) is -1.88. The molecule has 0 bridgehead atoms. The zero-order valence-corrected chi connectivity index (χ0v) is 27.1. The van der Waals surface area contributed by atoms with E-state index < -0.39 is 17.7 Å². The molecule has 7 rings (SSSR count). The highest BCUT2D eigenvalue weighted by atomic mass is 32.1. The molecular weight excluding hydrogens is 622 g/mol. The van der Waals surface area contributed by atoms with E-state index in [2.05, 4.69) is 11.6 Å². The predicted molar refractivity (Wildman–Crippen MR) is 178 cm³/mol. The van der Waals surface area contributed by atoms with Crippen molar-refractivity contribution in [2.75, 3.05) is 13.2 Å². The molecule has 1 aliphatic heterocycles. The van der Waals surface area contributed by atoms with Crippen LogP contribution in [0.3, 0.4) is 0 Å². The molecule has 0 unspecified atom stereocenters. The zero-order chi connectivity index (χ0) is 33.1. The van der Waals surface area contributed by atoms with Crippen molar-refractivity contribution in [1.29, 1.82) is 0 Å². The molecule has 0 radical (unpaired) electrons. The average molecular weight is 655 g/mol. The van der Waals surface area contributed by atoms with Crippen LogP contribution in [-0.4, -0.2) is 59.5 Å². The highest BCUT2D eigenvalue weighted by molar-refractivity contribution is 7.18. The number of halogens is 2. The van der Waals surface area contributed by atoms with Gasteiger partial charge in [0, 0.05) is 46.9 Å². The fraction of sp³-hybridized carbons (Fsp3) is 0.257. The average Bonchev–Trinajstić information content (AvgIpc) is 3.80. The van der Waals surface area contributed by atoms with Crippen LogP contribution in [0.5, 0.6) is 5.75 Å². The largest absolute Gasteiger partial charge is 0.490 e. The molecular formula is C35H32F2N6O3S. The van der Waals surface area contributed by atoms with Crippen LogP contribution >= 0.6 is 11.3 Å². The maximum absolute atomic E-state index is 16.1. The monoisotopic (exact) mass is 654 g/mol. The number of thiophene rings is 1. The Bertz CT molecular complexity index is 2200. The molecule has 1 amide bonds. The molecule has 4 aromatic heterocycles. The molecule has 3 atom stereocenters. The summed E-state index contributed by atoms with van der Waals surface area (Å²) >= 11 is 1.40. The van der Waals surface area contributed by atoms with Gasteiger partial charge in [0.25, 0.3) is 0 Å². The van der Waals surface area contributed by atoms with Gasteiger partial charge < -0.3 is 19.3 Å². The van der Waals surface area contributed by atoms with Crippen LogP contribution in [-0.2, 0) is 11.8 Å². The number of carbonyl (C=O) groups is 1. The first kappa shape index (κ1) is 30.7. The number of carbonyl (C=O) groups excluding carboxylic acids is 1. The second-order valence-electron chi connectivity index (χ2n) is 11.9. The van der Waals surface area contributed by atoms with E-state index in [0.29, 0.717) is 33.9 Å². The number of benzene rings is 2. The Balaban J connectivity index is 1.52. The first-order chi connectivity index (χ1) is 22.5. The lowest BCUT2D eigenvalue weighted by Crippen LogP contribution is -2.42. The Morgan fingerprint density at radius 3 is 2.74 bits per heavy atom. The molecule has 12 heteroatoms. The third kappa shape index (κ3) is 5.17. The first-order valence-corrected chi connectivity index (χ1v) is 16.1. The molecule has 0 aliphatic carbocycles. The van der Waals surface area contributed by atoms with Crippen molar-refractivity contribution in [1.82, 2.24) is 29.2 Å². The van der Waals surface area contributed by atoms with Crippen LogP contribution in [0.4, 0.5) is 8.78 Å². The lowest BCUT2D eigenvalue weighted by molar-refractivity contribution is -0.129. The number of amides is 1. The number of hydrogen-bond donors (Lipinski definition) is 1. The quantitative estimate of drug-likeness (QED) is 0.185. The number of hydrogen-bond acceptors (Lipinski definition) is 7. The first-order valence-electron chi connectivity index (χ1n) is 15.2. The number of pyridine rings is 1. The number of aliphatic hydroxyl groups excluding tert-OH is 1. The van der Waals surface area contributed by atoms with E-state index in [1.54, 1.807) is 11.2 Å². The summed E-state index contributed by atoms with van der Waals surface area (Å²) in [7, 11) is 1.93. The highest BCUT2D eigenvalue weighted by Gasteiger charge is 2.34. The van der Waals surface area contributed by atoms with Crippen molar-refractivity contribution < 1.29 is 23.4 Å². The minimum absolute atomic E-state index is 0.0178. The maximum atomic E-state index is 16.1. The van der Waals surface area contributed by atoms with Crippen LogP contribution in [0, 0.1) is 11.6 Å². The fourth-order valence-electron chi connectivity index (χ4n) is 6.33. The SMILES string of the molecule is C=CC(=O)N1C[C@H](C)n2nc(-c3nc(-c4ccc5c(c4)ncn5C)c4ccsc4c3-c3c(F)cc(F)cc3OC[C@@H](C)O)cc2[C@H]1C. The van der Waals surface area contributed by atoms with Gasteiger partial charge >= 0.3 is 0 Å². The maximum Gasteiger partial charge on any atom is 0.246 e. The van der Waals surface area contributed by atoms with Gasteiger partial charge in [-0.2, -0.15) is 5.10 Å². The second kappa shape index (κ2) is 11.7. The van der Waals surface area contributed by atoms with E-state index in [0.717, 1.165) is 39.8 Å². The van der Waals surface area contributed by atoms with Gasteiger partial charge in [0.15, 0.2) is 0 Å². The summed E-state index contributed by atoms with van der Waals surface area (Å²) in [6.07, 6.45) is 2.18. The Kier molecular flexibility index (Phi) is 7.64. The summed E-state index contributed by atoms with van der Waals surface area (Å²) in [5, 5.41) is 17.6. The lowest BCUT2D eigenvalue weighted by Gasteiger charge is -2.36. The number of imidazole rings is 1. The smallest absolute Gasteiger partial charge is 0.246 e. The van der Waals surface area contributed by atoms with Gasteiger partial charge in [-0.1, -0.05) is 12.6 Å². The molecule has 1 N–H and O–H groups in total. The third-order valence-corrected chi connectivity index (χ3v) is 9.53. The standard InChI is InChI=1S/C35H32F2N6O3S/c1-6-30(45)42-15-18(2)43-28(20(42)4)14-26(40-43)34-32(31-24(37)12-22(36)13-29(31)46-16-19(3)44)35-23(9-10-47-35)33(39-34)21-7-8-27-25(11-21)38-17-41(27)5/h6-14,17-20,44H,1,15-16H2,2-5H3/t18-,19+,20+/m0/s1. The normalized spacial score (nSPS) is 16.9. The molecule has 0 spiro atoms. The molecule has 6 aromatic rings. The Morgan fingerprint density at radius 1 is 1.17 bits per heavy atom. The number of rotatable bonds is 7. The Morgan fingerprint density at radius 2 is 1.98 bits per heavy atom. The fourth-order valence-corrected chi connectivity index (χ4v) is 7.28. The van der Waals surface area contributed by atoms with E-state index in [4.69, 9.17) is 14.8 Å². The van der Waals surface area contributed by atoms with Crippen LogP contribution in [0.25, 0.3) is 54.9 Å². The third-order valence-electron chi connectivity index (χ3n) is 8.59. The molecule has 9 nitrogen and oxygen atoms in total. The van der Waals surface area contributed by atoms with Crippen molar-refractivity contribution >= 4 is 38.4 Å². The van der Waals surface area contributed by atoms with Gasteiger partial charge in [0.1, 0.15) is 35.4 Å². The van der Waals surface area contributed by atoms with Gasteiger partial charge in [-0.15, -0.1) is 11.3 Å². The number of ether oxygens (including phenoxy) is 1. The van der Waals surface area contributed by atoms with E-state index >= 15 is 4.39 Å². The van der Waals surface area contributed by atoms with E-state index in [1.807, 2.05) is 65.9 Å². The van der Waals surface area contributed by atoms with Gasteiger partial charge in [-0.3, -0.25) is 9.48 Å². The number of aryl methyl sites for hydroxylation is 1. The molecule has 0 fully saturated rings. The molecule has 2 aromatic carbocycles. The highest BCUT2D eigenvalue weighted by Crippen LogP contribution is 2.48. The van der Waals surface area contributed by atoms with Crippen molar-refractivity contribution in [3.8, 4) is 39.5 Å². The van der Waals surface area contributed by atoms with Gasteiger partial charge in [0.05, 0.1) is 52.5 Å². The number of aromatic nitrogens is 5. The topological polar surface area (TPSA) is 98.3 Å².